The van der Waals surface area contributed by atoms with Crippen molar-refractivity contribution in [1.29, 1.82) is 0 Å². The van der Waals surface area contributed by atoms with E-state index < -0.39 is 28.6 Å². The Morgan fingerprint density at radius 3 is 2.42 bits per heavy atom. The van der Waals surface area contributed by atoms with E-state index in [1.165, 1.54) is 45.0 Å². The molecule has 0 saturated heterocycles. The minimum atomic E-state index is -1.17. The van der Waals surface area contributed by atoms with E-state index in [-0.39, 0.29) is 28.5 Å². The molecule has 2 aromatic carbocycles. The third-order valence-corrected chi connectivity index (χ3v) is 6.06. The number of carbonyl (C=O) groups is 1. The second-order valence-corrected chi connectivity index (χ2v) is 8.55. The van der Waals surface area contributed by atoms with E-state index in [1.807, 2.05) is 0 Å². The second-order valence-electron chi connectivity index (χ2n) is 8.55. The van der Waals surface area contributed by atoms with Gasteiger partial charge in [0.1, 0.15) is 16.9 Å². The average molecular weight is 488 g/mol. The summed E-state index contributed by atoms with van der Waals surface area (Å²) >= 11 is 0. The van der Waals surface area contributed by atoms with Gasteiger partial charge in [-0.3, -0.25) is 18.7 Å². The van der Waals surface area contributed by atoms with Crippen LogP contribution in [0.4, 0.5) is 15.8 Å². The van der Waals surface area contributed by atoms with Gasteiger partial charge in [-0.15, -0.1) is 0 Å². The van der Waals surface area contributed by atoms with Crippen LogP contribution in [0.15, 0.2) is 75.1 Å². The van der Waals surface area contributed by atoms with Crippen molar-refractivity contribution in [2.75, 3.05) is 5.32 Å². The summed E-state index contributed by atoms with van der Waals surface area (Å²) < 4.78 is 18.7. The molecule has 0 atom stereocenters. The number of nitrogens with one attached hydrogen (secondary N) is 1. The molecule has 0 amide bonds. The molecule has 2 heterocycles. The fourth-order valence-corrected chi connectivity index (χ4v) is 4.18. The summed E-state index contributed by atoms with van der Waals surface area (Å²) in [5.41, 5.74) is -0.684. The van der Waals surface area contributed by atoms with Crippen LogP contribution in [0.2, 0.25) is 0 Å². The van der Waals surface area contributed by atoms with E-state index >= 15 is 0 Å². The number of hydrogen-bond acceptors (Lipinski definition) is 5. The molecule has 1 aliphatic rings. The molecule has 0 radical (unpaired) electrons. The smallest absolute Gasteiger partial charge is 0.337 e. The number of benzene rings is 2. The van der Waals surface area contributed by atoms with Crippen molar-refractivity contribution >= 4 is 34.5 Å². The van der Waals surface area contributed by atoms with Gasteiger partial charge in [0.25, 0.3) is 11.1 Å². The summed E-state index contributed by atoms with van der Waals surface area (Å²) in [5, 5.41) is 11.7. The number of fused-ring (bicyclic) bond motifs is 1. The molecular weight excluding hydrogens is 467 g/mol. The van der Waals surface area contributed by atoms with Crippen molar-refractivity contribution in [2.24, 2.45) is 7.05 Å². The Hall–Kier alpha value is -4.73. The fourth-order valence-electron chi connectivity index (χ4n) is 4.18. The van der Waals surface area contributed by atoms with Gasteiger partial charge < -0.3 is 10.4 Å². The van der Waals surface area contributed by atoms with Gasteiger partial charge in [-0.1, -0.05) is 24.3 Å². The first-order valence-electron chi connectivity index (χ1n) is 11.2. The predicted octanol–water partition coefficient (Wildman–Crippen LogP) is 3.17. The lowest BCUT2D eigenvalue weighted by Crippen LogP contribution is -2.41. The number of anilines is 2. The Morgan fingerprint density at radius 1 is 1.06 bits per heavy atom. The highest BCUT2D eigenvalue weighted by molar-refractivity contribution is 5.91. The van der Waals surface area contributed by atoms with Crippen molar-refractivity contribution in [1.82, 2.24) is 13.7 Å². The van der Waals surface area contributed by atoms with Crippen LogP contribution in [0.25, 0.3) is 22.8 Å². The molecule has 2 aromatic heterocycles. The number of hydrogen-bond donors (Lipinski definition) is 2. The molecule has 0 aliphatic heterocycles. The van der Waals surface area contributed by atoms with Crippen LogP contribution in [-0.4, -0.2) is 24.8 Å². The normalized spacial score (nSPS) is 13.4. The summed E-state index contributed by atoms with van der Waals surface area (Å²) in [5.74, 6) is -1.88. The zero-order valence-corrected chi connectivity index (χ0v) is 19.1. The number of rotatable bonds is 6. The van der Waals surface area contributed by atoms with Crippen LogP contribution in [0, 0.1) is 5.82 Å². The summed E-state index contributed by atoms with van der Waals surface area (Å²) in [4.78, 5) is 50.8. The number of pyridine rings is 1. The molecule has 10 heteroatoms. The number of nitrogens with zero attached hydrogens (tertiary/aromatic N) is 3. The van der Waals surface area contributed by atoms with Gasteiger partial charge in [0, 0.05) is 25.2 Å². The summed E-state index contributed by atoms with van der Waals surface area (Å²) in [7, 11) is 1.47. The number of aryl methyl sites for hydroxylation is 1. The maximum absolute atomic E-state index is 14.9. The standard InChI is InChI=1S/C26H21FN4O5/c1-29-21(32)14-20(28-19-11-7-15(13-18(19)27)8-12-22(33)34)23-24(29)30(16-5-3-2-4-6-16)26(36)31(25(23)35)17-9-10-17/h2-8,11-14,17,28H,9-10H2,1H3,(H,33,34). The number of carboxylic acids is 1. The van der Waals surface area contributed by atoms with E-state index in [4.69, 9.17) is 5.11 Å². The van der Waals surface area contributed by atoms with Crippen molar-refractivity contribution in [2.45, 2.75) is 18.9 Å². The zero-order valence-electron chi connectivity index (χ0n) is 19.1. The Kier molecular flexibility index (Phi) is 5.63. The average Bonchev–Trinajstić information content (AvgIpc) is 3.68. The third kappa shape index (κ3) is 4.02. The minimum Gasteiger partial charge on any atom is -0.478 e. The van der Waals surface area contributed by atoms with E-state index in [0.29, 0.717) is 24.1 Å². The van der Waals surface area contributed by atoms with Crippen LogP contribution in [-0.2, 0) is 11.8 Å². The zero-order chi connectivity index (χ0) is 25.6. The third-order valence-electron chi connectivity index (χ3n) is 6.06. The quantitative estimate of drug-likeness (QED) is 0.403. The van der Waals surface area contributed by atoms with Crippen molar-refractivity contribution < 1.29 is 14.3 Å². The topological polar surface area (TPSA) is 115 Å². The second kappa shape index (κ2) is 8.81. The van der Waals surface area contributed by atoms with E-state index in [9.17, 15) is 23.6 Å². The monoisotopic (exact) mass is 488 g/mol. The van der Waals surface area contributed by atoms with Crippen LogP contribution in [0.3, 0.4) is 0 Å². The number of aromatic nitrogens is 3. The van der Waals surface area contributed by atoms with Gasteiger partial charge in [0.2, 0.25) is 0 Å². The van der Waals surface area contributed by atoms with Crippen LogP contribution < -0.4 is 22.1 Å². The van der Waals surface area contributed by atoms with Crippen molar-refractivity contribution in [3.05, 3.63) is 103 Å². The molecule has 1 saturated carbocycles. The van der Waals surface area contributed by atoms with Gasteiger partial charge in [0.05, 0.1) is 17.1 Å². The van der Waals surface area contributed by atoms with E-state index in [1.54, 1.807) is 30.3 Å². The maximum atomic E-state index is 14.9. The van der Waals surface area contributed by atoms with Crippen LogP contribution >= 0.6 is 0 Å². The van der Waals surface area contributed by atoms with Gasteiger partial charge in [-0.25, -0.2) is 18.5 Å². The van der Waals surface area contributed by atoms with Gasteiger partial charge >= 0.3 is 11.7 Å². The molecule has 0 bridgehead atoms. The molecule has 182 valence electrons. The Labute approximate surface area is 203 Å². The summed E-state index contributed by atoms with van der Waals surface area (Å²) in [6.45, 7) is 0. The van der Waals surface area contributed by atoms with Gasteiger partial charge in [0.15, 0.2) is 0 Å². The first kappa shape index (κ1) is 23.0. The largest absolute Gasteiger partial charge is 0.478 e. The summed E-state index contributed by atoms with van der Waals surface area (Å²) in [6.07, 6.45) is 3.50. The molecule has 2 N–H and O–H groups in total. The molecule has 5 rings (SSSR count). The van der Waals surface area contributed by atoms with Gasteiger partial charge in [-0.2, -0.15) is 0 Å². The Balaban J connectivity index is 1.77. The first-order chi connectivity index (χ1) is 17.3. The molecule has 36 heavy (non-hydrogen) atoms. The highest BCUT2D eigenvalue weighted by atomic mass is 19.1. The number of halogens is 1. The summed E-state index contributed by atoms with van der Waals surface area (Å²) in [6, 6.07) is 13.7. The Bertz CT molecular complexity index is 1730. The van der Waals surface area contributed by atoms with Crippen molar-refractivity contribution in [3.8, 4) is 5.69 Å². The van der Waals surface area contributed by atoms with Gasteiger partial charge in [-0.05, 0) is 48.7 Å². The lowest BCUT2D eigenvalue weighted by atomic mass is 10.1. The molecule has 1 fully saturated rings. The van der Waals surface area contributed by atoms with E-state index in [2.05, 4.69) is 5.32 Å². The number of aliphatic carboxylic acids is 1. The van der Waals surface area contributed by atoms with E-state index in [0.717, 1.165) is 12.1 Å². The highest BCUT2D eigenvalue weighted by Crippen LogP contribution is 2.33. The molecule has 0 unspecified atom stereocenters. The first-order valence-corrected chi connectivity index (χ1v) is 11.2. The lowest BCUT2D eigenvalue weighted by Gasteiger charge is -2.19. The number of carboxylic acid groups (broad SMARTS) is 1. The molecule has 9 nitrogen and oxygen atoms in total. The molecular formula is C26H21FN4O5. The lowest BCUT2D eigenvalue weighted by molar-refractivity contribution is -0.131. The number of para-hydroxylation sites is 1. The molecule has 4 aromatic rings. The SMILES string of the molecule is Cn1c(=O)cc(Nc2ccc(C=CC(=O)O)cc2F)c2c(=O)n(C3CC3)c(=O)n(-c3ccccc3)c21. The fraction of sp³-hybridized carbons (Fsp3) is 0.154. The molecule has 1 aliphatic carbocycles. The highest BCUT2D eigenvalue weighted by Gasteiger charge is 2.31. The predicted molar refractivity (Wildman–Crippen MR) is 134 cm³/mol. The van der Waals surface area contributed by atoms with Crippen LogP contribution in [0.1, 0.15) is 24.4 Å². The molecule has 0 spiro atoms. The Morgan fingerprint density at radius 2 is 1.78 bits per heavy atom. The van der Waals surface area contributed by atoms with Crippen LogP contribution in [0.5, 0.6) is 0 Å². The minimum absolute atomic E-state index is 0.0214. The van der Waals surface area contributed by atoms with Crippen molar-refractivity contribution in [3.63, 3.8) is 0 Å². The maximum Gasteiger partial charge on any atom is 0.337 e.